The molecule has 0 radical (unpaired) electrons. The van der Waals surface area contributed by atoms with Gasteiger partial charge in [-0.3, -0.25) is 14.5 Å². The number of fused-ring (bicyclic) bond motifs is 1. The van der Waals surface area contributed by atoms with Crippen LogP contribution in [0.1, 0.15) is 32.1 Å². The van der Waals surface area contributed by atoms with Crippen molar-refractivity contribution in [3.8, 4) is 11.6 Å². The molecule has 1 N–H and O–H groups in total. The van der Waals surface area contributed by atoms with Gasteiger partial charge in [-0.2, -0.15) is 0 Å². The molecule has 240 valence electrons. The fraction of sp³-hybridized carbons (Fsp3) is 0.267. The molecule has 0 spiro atoms. The number of nitrogens with zero attached hydrogens (tertiary/aromatic N) is 4. The molecule has 1 aliphatic heterocycles. The minimum absolute atomic E-state index is 0. The van der Waals surface area contributed by atoms with Gasteiger partial charge in [0.1, 0.15) is 4.90 Å². The number of para-hydroxylation sites is 1. The molecule has 0 aliphatic carbocycles. The smallest absolute Gasteiger partial charge is 0.404 e. The lowest BCUT2D eigenvalue weighted by atomic mass is 10.1. The monoisotopic (exact) mass is 647 g/mol. The second-order valence-corrected chi connectivity index (χ2v) is 11.4. The summed E-state index contributed by atoms with van der Waals surface area (Å²) in [5.74, 6) is -1.43. The number of benzene rings is 2. The van der Waals surface area contributed by atoms with E-state index >= 15 is 0 Å². The average molecular weight is 648 g/mol. The molecular formula is C30H32F3N5O6S. The number of carbonyl (C=O) groups is 2. The Kier molecular flexibility index (Phi) is 10.4. The van der Waals surface area contributed by atoms with Gasteiger partial charge in [0.25, 0.3) is 15.9 Å². The van der Waals surface area contributed by atoms with Gasteiger partial charge in [0.05, 0.1) is 11.2 Å². The molecule has 0 unspecified atom stereocenters. The number of alkyl halides is 3. The largest absolute Gasteiger partial charge is 0.573 e. The molecule has 2 aromatic carbocycles. The lowest BCUT2D eigenvalue weighted by molar-refractivity contribution is -0.274. The van der Waals surface area contributed by atoms with Crippen LogP contribution in [0.15, 0.2) is 84.0 Å². The molecule has 0 saturated carbocycles. The number of anilines is 1. The zero-order valence-corrected chi connectivity index (χ0v) is 25.1. The Morgan fingerprint density at radius 3 is 2.24 bits per heavy atom. The van der Waals surface area contributed by atoms with Crippen LogP contribution in [0, 0.1) is 0 Å². The molecule has 4 aromatic rings. The van der Waals surface area contributed by atoms with Crippen molar-refractivity contribution in [1.29, 1.82) is 0 Å². The van der Waals surface area contributed by atoms with Crippen molar-refractivity contribution in [2.24, 2.45) is 0 Å². The van der Waals surface area contributed by atoms with Gasteiger partial charge in [-0.05, 0) is 36.4 Å². The molecule has 45 heavy (non-hydrogen) atoms. The van der Waals surface area contributed by atoms with E-state index in [0.29, 0.717) is 5.39 Å². The quantitative estimate of drug-likeness (QED) is 0.272. The molecular weight excluding hydrogens is 615 g/mol. The standard InChI is InChI=1S/C27H22F3N5O6S.C3H8.H2/c28-27(29,30)41-21-17-19(25(36)34-13-15-35(16-14-34)26(37)40-23-8-1-2-11-31-23)9-10-20(21)33-42(38,39)22-7-3-5-18-6-4-12-32-24(18)22;1-3-2;/h1-12,17,33H,13-16H2;3H2,1-2H3;1H. The summed E-state index contributed by atoms with van der Waals surface area (Å²) in [5.41, 5.74) is -0.576. The molecule has 3 heterocycles. The van der Waals surface area contributed by atoms with Crippen LogP contribution in [-0.4, -0.2) is 72.7 Å². The summed E-state index contributed by atoms with van der Waals surface area (Å²) < 4.78 is 77.7. The molecule has 0 atom stereocenters. The minimum atomic E-state index is -5.18. The number of halogens is 3. The summed E-state index contributed by atoms with van der Waals surface area (Å²) in [6.07, 6.45) is -1.72. The Morgan fingerprint density at radius 2 is 1.58 bits per heavy atom. The number of ether oxygens (including phenoxy) is 2. The van der Waals surface area contributed by atoms with Gasteiger partial charge in [-0.1, -0.05) is 44.5 Å². The van der Waals surface area contributed by atoms with E-state index in [1.165, 1.54) is 52.9 Å². The number of piperazine rings is 1. The van der Waals surface area contributed by atoms with Crippen LogP contribution < -0.4 is 14.2 Å². The van der Waals surface area contributed by atoms with Gasteiger partial charge in [-0.15, -0.1) is 13.2 Å². The highest BCUT2D eigenvalue weighted by Gasteiger charge is 2.34. The predicted molar refractivity (Wildman–Crippen MR) is 161 cm³/mol. The van der Waals surface area contributed by atoms with Crippen LogP contribution in [0.3, 0.4) is 0 Å². The number of aromatic nitrogens is 2. The van der Waals surface area contributed by atoms with E-state index in [1.54, 1.807) is 30.3 Å². The van der Waals surface area contributed by atoms with Crippen LogP contribution >= 0.6 is 0 Å². The van der Waals surface area contributed by atoms with Gasteiger partial charge in [0.2, 0.25) is 5.88 Å². The van der Waals surface area contributed by atoms with Crippen LogP contribution in [0.5, 0.6) is 11.6 Å². The average Bonchev–Trinajstić information content (AvgIpc) is 3.01. The van der Waals surface area contributed by atoms with E-state index < -0.39 is 39.8 Å². The van der Waals surface area contributed by atoms with E-state index in [-0.39, 0.29) is 49.5 Å². The lowest BCUT2D eigenvalue weighted by Gasteiger charge is -2.34. The summed E-state index contributed by atoms with van der Waals surface area (Å²) >= 11 is 0. The van der Waals surface area contributed by atoms with Gasteiger partial charge in [0, 0.05) is 57.0 Å². The maximum absolute atomic E-state index is 13.3. The molecule has 11 nitrogen and oxygen atoms in total. The van der Waals surface area contributed by atoms with Crippen LogP contribution in [0.4, 0.5) is 23.7 Å². The number of nitrogens with one attached hydrogen (secondary N) is 1. The highest BCUT2D eigenvalue weighted by Crippen LogP contribution is 2.34. The van der Waals surface area contributed by atoms with E-state index in [4.69, 9.17) is 4.74 Å². The van der Waals surface area contributed by atoms with E-state index in [9.17, 15) is 31.2 Å². The predicted octanol–water partition coefficient (Wildman–Crippen LogP) is 5.95. The van der Waals surface area contributed by atoms with E-state index in [2.05, 4.69) is 33.3 Å². The third kappa shape index (κ3) is 8.59. The fourth-order valence-corrected chi connectivity index (χ4v) is 5.53. The van der Waals surface area contributed by atoms with Gasteiger partial charge >= 0.3 is 12.5 Å². The zero-order valence-electron chi connectivity index (χ0n) is 24.3. The minimum Gasteiger partial charge on any atom is -0.404 e. The Hall–Kier alpha value is -4.92. The summed E-state index contributed by atoms with van der Waals surface area (Å²) in [7, 11) is -4.42. The van der Waals surface area contributed by atoms with E-state index in [0.717, 1.165) is 12.1 Å². The Morgan fingerprint density at radius 1 is 0.911 bits per heavy atom. The number of amides is 2. The molecule has 1 aliphatic rings. The molecule has 0 bridgehead atoms. The fourth-order valence-electron chi connectivity index (χ4n) is 4.28. The molecule has 2 aromatic heterocycles. The maximum atomic E-state index is 13.3. The highest BCUT2D eigenvalue weighted by atomic mass is 32.2. The normalized spacial score (nSPS) is 13.4. The second-order valence-electron chi connectivity index (χ2n) is 9.72. The number of hydrogen-bond donors (Lipinski definition) is 1. The first-order chi connectivity index (χ1) is 21.4. The number of rotatable bonds is 6. The SMILES string of the molecule is CCC.O=C(Oc1ccccn1)N1CCN(C(=O)c2ccc(NS(=O)(=O)c3cccc4cccnc34)c(OC(F)(F)F)c2)CC1.[HH]. The summed E-state index contributed by atoms with van der Waals surface area (Å²) in [6.45, 7) is 4.63. The first-order valence-electron chi connectivity index (χ1n) is 13.8. The summed E-state index contributed by atoms with van der Waals surface area (Å²) in [5, 5.41) is 0.512. The van der Waals surface area contributed by atoms with Crippen molar-refractivity contribution in [1.82, 2.24) is 19.8 Å². The number of carbonyl (C=O) groups excluding carboxylic acids is 2. The van der Waals surface area contributed by atoms with Crippen molar-refractivity contribution in [2.45, 2.75) is 31.5 Å². The van der Waals surface area contributed by atoms with Crippen molar-refractivity contribution in [3.05, 3.63) is 84.7 Å². The van der Waals surface area contributed by atoms with Crippen molar-refractivity contribution in [3.63, 3.8) is 0 Å². The van der Waals surface area contributed by atoms with Crippen molar-refractivity contribution >= 4 is 38.6 Å². The Balaban J connectivity index is 0.00000139. The summed E-state index contributed by atoms with van der Waals surface area (Å²) in [6, 6.07) is 15.5. The molecule has 5 rings (SSSR count). The van der Waals surface area contributed by atoms with Gasteiger partial charge < -0.3 is 19.3 Å². The first-order valence-corrected chi connectivity index (χ1v) is 15.3. The molecule has 1 saturated heterocycles. The molecule has 15 heteroatoms. The Bertz CT molecular complexity index is 1750. The van der Waals surface area contributed by atoms with Crippen LogP contribution in [0.2, 0.25) is 0 Å². The highest BCUT2D eigenvalue weighted by molar-refractivity contribution is 7.93. The van der Waals surface area contributed by atoms with E-state index in [1.807, 2.05) is 0 Å². The van der Waals surface area contributed by atoms with Crippen molar-refractivity contribution in [2.75, 3.05) is 30.9 Å². The first kappa shape index (κ1) is 33.0. The topological polar surface area (TPSA) is 131 Å². The number of sulfonamides is 1. The number of hydrogen-bond acceptors (Lipinski definition) is 8. The number of pyridine rings is 2. The third-order valence-corrected chi connectivity index (χ3v) is 7.64. The van der Waals surface area contributed by atoms with Gasteiger partial charge in [0.15, 0.2) is 5.75 Å². The van der Waals surface area contributed by atoms with Crippen LogP contribution in [-0.2, 0) is 10.0 Å². The molecule has 2 amide bonds. The van der Waals surface area contributed by atoms with Crippen LogP contribution in [0.25, 0.3) is 10.9 Å². The molecule has 1 fully saturated rings. The zero-order chi connectivity index (χ0) is 32.6. The third-order valence-electron chi connectivity index (χ3n) is 6.24. The van der Waals surface area contributed by atoms with Gasteiger partial charge in [-0.25, -0.2) is 18.2 Å². The lowest BCUT2D eigenvalue weighted by Crippen LogP contribution is -2.51. The Labute approximate surface area is 259 Å². The second kappa shape index (κ2) is 14.2. The van der Waals surface area contributed by atoms with Crippen molar-refractivity contribution < 1.29 is 42.1 Å². The maximum Gasteiger partial charge on any atom is 0.573 e. The summed E-state index contributed by atoms with van der Waals surface area (Å²) in [4.78, 5) is 36.0.